The van der Waals surface area contributed by atoms with Crippen LogP contribution in [0.5, 0.6) is 0 Å². The summed E-state index contributed by atoms with van der Waals surface area (Å²) in [4.78, 5) is 17.0. The maximum absolute atomic E-state index is 12.4. The summed E-state index contributed by atoms with van der Waals surface area (Å²) in [6.07, 6.45) is 8.21. The molecule has 22 heavy (non-hydrogen) atoms. The highest BCUT2D eigenvalue weighted by atomic mass is 16.3. The molecule has 0 spiro atoms. The zero-order valence-electron chi connectivity index (χ0n) is 12.8. The van der Waals surface area contributed by atoms with Crippen molar-refractivity contribution in [1.82, 2.24) is 14.9 Å². The third-order valence-electron chi connectivity index (χ3n) is 4.64. The first-order chi connectivity index (χ1) is 10.7. The highest BCUT2D eigenvalue weighted by Gasteiger charge is 2.31. The standard InChI is InChI=1S/C17H21N3O2/c1-11-10-20-7-2-3-13(16(20)19-11)9-18-17(21)14-6-8-22-15(14)12-4-5-12/h6,8,10,12-13H,2-5,7,9H2,1H3,(H,18,21)/t13-/m0/s1. The van der Waals surface area contributed by atoms with Crippen LogP contribution in [0, 0.1) is 6.92 Å². The Labute approximate surface area is 129 Å². The number of hydrogen-bond donors (Lipinski definition) is 1. The molecule has 5 heteroatoms. The molecular weight excluding hydrogens is 278 g/mol. The van der Waals surface area contributed by atoms with E-state index >= 15 is 0 Å². The van der Waals surface area contributed by atoms with E-state index in [0.29, 0.717) is 23.9 Å². The Kier molecular flexibility index (Phi) is 3.28. The van der Waals surface area contributed by atoms with Gasteiger partial charge >= 0.3 is 0 Å². The van der Waals surface area contributed by atoms with E-state index < -0.39 is 0 Å². The van der Waals surface area contributed by atoms with Gasteiger partial charge in [0.2, 0.25) is 0 Å². The van der Waals surface area contributed by atoms with Crippen molar-refractivity contribution in [3.8, 4) is 0 Å². The van der Waals surface area contributed by atoms with Gasteiger partial charge in [-0.3, -0.25) is 4.79 Å². The zero-order valence-corrected chi connectivity index (χ0v) is 12.8. The first-order valence-corrected chi connectivity index (χ1v) is 8.11. The number of carbonyl (C=O) groups excluding carboxylic acids is 1. The third kappa shape index (κ3) is 2.45. The maximum atomic E-state index is 12.4. The number of fused-ring (bicyclic) bond motifs is 1. The van der Waals surface area contributed by atoms with Crippen LogP contribution in [0.4, 0.5) is 0 Å². The lowest BCUT2D eigenvalue weighted by Gasteiger charge is -2.23. The van der Waals surface area contributed by atoms with Crippen molar-refractivity contribution >= 4 is 5.91 Å². The average Bonchev–Trinajstić information content (AvgIpc) is 3.09. The van der Waals surface area contributed by atoms with E-state index in [9.17, 15) is 4.79 Å². The van der Waals surface area contributed by atoms with Crippen LogP contribution < -0.4 is 5.32 Å². The van der Waals surface area contributed by atoms with E-state index in [1.807, 2.05) is 6.92 Å². The predicted molar refractivity (Wildman–Crippen MR) is 82.0 cm³/mol. The molecule has 5 nitrogen and oxygen atoms in total. The van der Waals surface area contributed by atoms with Crippen LogP contribution in [0.3, 0.4) is 0 Å². The maximum Gasteiger partial charge on any atom is 0.254 e. The number of aryl methyl sites for hydroxylation is 2. The summed E-state index contributed by atoms with van der Waals surface area (Å²) in [5.74, 6) is 2.71. The summed E-state index contributed by atoms with van der Waals surface area (Å²) >= 11 is 0. The van der Waals surface area contributed by atoms with Gasteiger partial charge in [-0.15, -0.1) is 0 Å². The first-order valence-electron chi connectivity index (χ1n) is 8.11. The average molecular weight is 299 g/mol. The highest BCUT2D eigenvalue weighted by molar-refractivity contribution is 5.95. The number of aromatic nitrogens is 2. The first kappa shape index (κ1) is 13.6. The molecule has 1 saturated carbocycles. The second kappa shape index (κ2) is 5.30. The lowest BCUT2D eigenvalue weighted by molar-refractivity contribution is 0.0947. The van der Waals surface area contributed by atoms with E-state index in [1.54, 1.807) is 12.3 Å². The molecule has 1 fully saturated rings. The van der Waals surface area contributed by atoms with E-state index in [2.05, 4.69) is 21.1 Å². The van der Waals surface area contributed by atoms with E-state index in [0.717, 1.165) is 49.5 Å². The van der Waals surface area contributed by atoms with Crippen molar-refractivity contribution in [3.63, 3.8) is 0 Å². The summed E-state index contributed by atoms with van der Waals surface area (Å²) in [5, 5.41) is 3.08. The number of rotatable bonds is 4. The molecule has 2 aromatic rings. The molecule has 116 valence electrons. The van der Waals surface area contributed by atoms with E-state index in [1.165, 1.54) is 0 Å². The molecule has 0 unspecified atom stereocenters. The monoisotopic (exact) mass is 299 g/mol. The van der Waals surface area contributed by atoms with Crippen LogP contribution in [0.1, 0.15) is 65.2 Å². The molecule has 1 amide bonds. The third-order valence-corrected chi connectivity index (χ3v) is 4.64. The predicted octanol–water partition coefficient (Wildman–Crippen LogP) is 2.97. The molecule has 1 aliphatic carbocycles. The lowest BCUT2D eigenvalue weighted by atomic mass is 9.99. The van der Waals surface area contributed by atoms with Crippen molar-refractivity contribution in [2.24, 2.45) is 0 Å². The summed E-state index contributed by atoms with van der Waals surface area (Å²) in [7, 11) is 0. The summed E-state index contributed by atoms with van der Waals surface area (Å²) < 4.78 is 7.71. The Balaban J connectivity index is 1.44. The molecule has 1 N–H and O–H groups in total. The number of hydrogen-bond acceptors (Lipinski definition) is 3. The van der Waals surface area contributed by atoms with Crippen LogP contribution in [0.2, 0.25) is 0 Å². The Hall–Kier alpha value is -2.04. The fourth-order valence-electron chi connectivity index (χ4n) is 3.38. The number of amides is 1. The van der Waals surface area contributed by atoms with Gasteiger partial charge in [0.05, 0.1) is 17.5 Å². The van der Waals surface area contributed by atoms with Gasteiger partial charge in [-0.1, -0.05) is 0 Å². The fraction of sp³-hybridized carbons (Fsp3) is 0.529. The Bertz CT molecular complexity index is 697. The zero-order chi connectivity index (χ0) is 15.1. The second-order valence-corrected chi connectivity index (χ2v) is 6.46. The number of nitrogens with one attached hydrogen (secondary N) is 1. The molecule has 0 bridgehead atoms. The Morgan fingerprint density at radius 3 is 3.14 bits per heavy atom. The molecule has 1 atom stereocenters. The van der Waals surface area contributed by atoms with Crippen molar-refractivity contribution < 1.29 is 9.21 Å². The topological polar surface area (TPSA) is 60.1 Å². The minimum atomic E-state index is -0.0175. The smallest absolute Gasteiger partial charge is 0.254 e. The highest BCUT2D eigenvalue weighted by Crippen LogP contribution is 2.42. The quantitative estimate of drug-likeness (QED) is 0.944. The second-order valence-electron chi connectivity index (χ2n) is 6.46. The number of carbonyl (C=O) groups is 1. The molecular formula is C17H21N3O2. The Morgan fingerprint density at radius 2 is 2.32 bits per heavy atom. The van der Waals surface area contributed by atoms with E-state index in [-0.39, 0.29) is 5.91 Å². The number of nitrogens with zero attached hydrogens (tertiary/aromatic N) is 2. The number of imidazole rings is 1. The molecule has 0 aromatic carbocycles. The molecule has 3 heterocycles. The molecule has 4 rings (SSSR count). The Morgan fingerprint density at radius 1 is 1.45 bits per heavy atom. The van der Waals surface area contributed by atoms with Crippen molar-refractivity contribution in [2.75, 3.05) is 6.54 Å². The summed E-state index contributed by atoms with van der Waals surface area (Å²) in [6, 6.07) is 1.79. The van der Waals surface area contributed by atoms with Gasteiger partial charge in [0.1, 0.15) is 11.6 Å². The van der Waals surface area contributed by atoms with Crippen LogP contribution in [-0.2, 0) is 6.54 Å². The van der Waals surface area contributed by atoms with Crippen LogP contribution >= 0.6 is 0 Å². The van der Waals surface area contributed by atoms with Gasteiger partial charge in [-0.05, 0) is 38.7 Å². The minimum absolute atomic E-state index is 0.0175. The van der Waals surface area contributed by atoms with Crippen LogP contribution in [0.15, 0.2) is 22.9 Å². The molecule has 2 aromatic heterocycles. The van der Waals surface area contributed by atoms with Gasteiger partial charge in [-0.2, -0.15) is 0 Å². The van der Waals surface area contributed by atoms with Crippen molar-refractivity contribution in [1.29, 1.82) is 0 Å². The summed E-state index contributed by atoms with van der Waals surface area (Å²) in [6.45, 7) is 3.70. The summed E-state index contributed by atoms with van der Waals surface area (Å²) in [5.41, 5.74) is 1.76. The van der Waals surface area contributed by atoms with Crippen molar-refractivity contribution in [2.45, 2.75) is 51.0 Å². The molecule has 0 saturated heterocycles. The van der Waals surface area contributed by atoms with Gasteiger partial charge in [0.15, 0.2) is 0 Å². The minimum Gasteiger partial charge on any atom is -0.468 e. The van der Waals surface area contributed by atoms with Crippen LogP contribution in [0.25, 0.3) is 0 Å². The number of furan rings is 1. The van der Waals surface area contributed by atoms with Gasteiger partial charge < -0.3 is 14.3 Å². The van der Waals surface area contributed by atoms with E-state index in [4.69, 9.17) is 4.42 Å². The van der Waals surface area contributed by atoms with Crippen LogP contribution in [-0.4, -0.2) is 22.0 Å². The van der Waals surface area contributed by atoms with Crippen molar-refractivity contribution in [3.05, 3.63) is 41.4 Å². The van der Waals surface area contributed by atoms with Gasteiger partial charge in [0, 0.05) is 31.1 Å². The SMILES string of the molecule is Cc1cn2c(n1)[C@H](CNC(=O)c1ccoc1C1CC1)CCC2. The fourth-order valence-corrected chi connectivity index (χ4v) is 3.38. The van der Waals surface area contributed by atoms with Gasteiger partial charge in [0.25, 0.3) is 5.91 Å². The van der Waals surface area contributed by atoms with Gasteiger partial charge in [-0.25, -0.2) is 4.98 Å². The largest absolute Gasteiger partial charge is 0.468 e. The normalized spacial score (nSPS) is 20.7. The molecule has 1 aliphatic heterocycles. The molecule has 0 radical (unpaired) electrons. The molecule has 2 aliphatic rings. The lowest BCUT2D eigenvalue weighted by Crippen LogP contribution is -2.31.